The third-order valence-electron chi connectivity index (χ3n) is 6.29. The van der Waals surface area contributed by atoms with Gasteiger partial charge in [0.1, 0.15) is 0 Å². The van der Waals surface area contributed by atoms with E-state index in [2.05, 4.69) is 6.07 Å². The summed E-state index contributed by atoms with van der Waals surface area (Å²) in [6.45, 7) is 1.54. The molecule has 1 saturated carbocycles. The molecule has 0 saturated heterocycles. The minimum Gasteiger partial charge on any atom is -0.281 e. The number of hydrogen-bond acceptors (Lipinski definition) is 0. The Bertz CT molecular complexity index is 1040. The van der Waals surface area contributed by atoms with Crippen molar-refractivity contribution in [3.05, 3.63) is 94.6 Å². The van der Waals surface area contributed by atoms with E-state index in [-0.39, 0.29) is 63.8 Å². The number of hydrogen-bond donors (Lipinski definition) is 0. The molecule has 0 radical (unpaired) electrons. The number of halogens is 4. The quantitative estimate of drug-likeness (QED) is 0.367. The zero-order valence-electron chi connectivity index (χ0n) is 17.8. The number of aryl methyl sites for hydroxylation is 1. The number of rotatable bonds is 4. The van der Waals surface area contributed by atoms with Crippen molar-refractivity contribution in [2.75, 3.05) is 0 Å². The molecule has 0 atom stereocenters. The molecule has 156 valence electrons. The summed E-state index contributed by atoms with van der Waals surface area (Å²) < 4.78 is 55.4. The van der Waals surface area contributed by atoms with Crippen molar-refractivity contribution >= 4 is 0 Å². The molecule has 0 amide bonds. The Morgan fingerprint density at radius 3 is 2.16 bits per heavy atom. The van der Waals surface area contributed by atoms with Gasteiger partial charge in [-0.15, -0.1) is 11.6 Å². The summed E-state index contributed by atoms with van der Waals surface area (Å²) in [7, 11) is 0. The van der Waals surface area contributed by atoms with Crippen molar-refractivity contribution in [1.82, 2.24) is 0 Å². The van der Waals surface area contributed by atoms with Crippen LogP contribution >= 0.6 is 0 Å². The van der Waals surface area contributed by atoms with Crippen LogP contribution in [0.1, 0.15) is 48.3 Å². The molecule has 0 aromatic heterocycles. The molecular formula is C26H23F4Rb. The van der Waals surface area contributed by atoms with Gasteiger partial charge < -0.3 is 0 Å². The van der Waals surface area contributed by atoms with Gasteiger partial charge in [0.15, 0.2) is 11.6 Å². The predicted molar refractivity (Wildman–Crippen MR) is 110 cm³/mol. The average Bonchev–Trinajstić information content (AvgIpc) is 2.76. The smallest absolute Gasteiger partial charge is 0.281 e. The van der Waals surface area contributed by atoms with Gasteiger partial charge in [-0.25, -0.2) is 13.2 Å². The Kier molecular flexibility index (Phi) is 8.70. The van der Waals surface area contributed by atoms with E-state index < -0.39 is 23.3 Å². The first kappa shape index (κ1) is 24.8. The zero-order chi connectivity index (χ0) is 21.3. The van der Waals surface area contributed by atoms with Crippen LogP contribution in [-0.4, -0.2) is 0 Å². The van der Waals surface area contributed by atoms with E-state index >= 15 is 0 Å². The first-order chi connectivity index (χ1) is 14.4. The third-order valence-corrected chi connectivity index (χ3v) is 6.29. The van der Waals surface area contributed by atoms with E-state index in [1.54, 1.807) is 25.1 Å². The maximum absolute atomic E-state index is 14.3. The van der Waals surface area contributed by atoms with E-state index in [1.165, 1.54) is 11.6 Å². The summed E-state index contributed by atoms with van der Waals surface area (Å²) >= 11 is 0. The van der Waals surface area contributed by atoms with Gasteiger partial charge in [0.2, 0.25) is 0 Å². The molecule has 3 aromatic rings. The second kappa shape index (κ2) is 10.9. The van der Waals surface area contributed by atoms with Gasteiger partial charge in [0.05, 0.1) is 0 Å². The second-order valence-electron chi connectivity index (χ2n) is 8.23. The van der Waals surface area contributed by atoms with Crippen LogP contribution in [0, 0.1) is 42.2 Å². The monoisotopic (exact) mass is 496 g/mol. The first-order valence-corrected chi connectivity index (χ1v) is 10.3. The normalized spacial score (nSPS) is 18.5. The maximum atomic E-state index is 14.3. The Labute approximate surface area is 229 Å². The van der Waals surface area contributed by atoms with Crippen LogP contribution in [-0.2, 0) is 6.42 Å². The molecule has 5 heteroatoms. The molecule has 4 rings (SSSR count). The van der Waals surface area contributed by atoms with Gasteiger partial charge in [0.25, 0.3) is 0 Å². The molecule has 0 aliphatic heterocycles. The van der Waals surface area contributed by atoms with Crippen LogP contribution in [0.5, 0.6) is 0 Å². The Morgan fingerprint density at radius 1 is 0.806 bits per heavy atom. The minimum absolute atomic E-state index is 0. The summed E-state index contributed by atoms with van der Waals surface area (Å²) in [4.78, 5) is 0. The van der Waals surface area contributed by atoms with E-state index in [4.69, 9.17) is 0 Å². The molecule has 1 aliphatic rings. The standard InChI is InChI=1S/C26H23F4.Rb/c1-16-5-14-22(26(30)24(16)28)20-12-10-19(11-13-20)18-8-6-17(7-9-18)15-21-3-2-4-23(27)25(21)29;/h2-3,5,10-14,17-18H,6-9,15H2,1H3;/q-1;+1. The van der Waals surface area contributed by atoms with Crippen molar-refractivity contribution in [3.63, 3.8) is 0 Å². The molecule has 1 fully saturated rings. The van der Waals surface area contributed by atoms with Crippen molar-refractivity contribution in [1.29, 1.82) is 0 Å². The molecule has 0 heterocycles. The van der Waals surface area contributed by atoms with Crippen molar-refractivity contribution in [3.8, 4) is 11.1 Å². The van der Waals surface area contributed by atoms with Gasteiger partial charge in [-0.3, -0.25) is 4.39 Å². The second-order valence-corrected chi connectivity index (χ2v) is 8.23. The van der Waals surface area contributed by atoms with Crippen LogP contribution in [0.15, 0.2) is 48.5 Å². The molecule has 3 aromatic carbocycles. The van der Waals surface area contributed by atoms with Crippen molar-refractivity contribution < 1.29 is 75.7 Å². The molecule has 0 N–H and O–H groups in total. The maximum Gasteiger partial charge on any atom is 1.00 e. The van der Waals surface area contributed by atoms with Crippen LogP contribution < -0.4 is 58.2 Å². The summed E-state index contributed by atoms with van der Waals surface area (Å²) in [6.07, 6.45) is 4.39. The number of benzene rings is 3. The molecule has 0 bridgehead atoms. The molecule has 0 unspecified atom stereocenters. The van der Waals surface area contributed by atoms with E-state index in [0.29, 0.717) is 34.9 Å². The topological polar surface area (TPSA) is 0 Å². The summed E-state index contributed by atoms with van der Waals surface area (Å²) in [5.74, 6) is -2.59. The third kappa shape index (κ3) is 5.58. The predicted octanol–water partition coefficient (Wildman–Crippen LogP) is 4.54. The SMILES string of the molecule is Cc1ccc(-c2ccc(C3CCC(Cc4cc[c-]c(F)c4F)CC3)cc2)c(F)c1F.[Rb+]. The van der Waals surface area contributed by atoms with Gasteiger partial charge in [-0.2, -0.15) is 12.1 Å². The van der Waals surface area contributed by atoms with Crippen LogP contribution in [0.4, 0.5) is 17.6 Å². The Balaban J connectivity index is 0.00000272. The average molecular weight is 497 g/mol. The summed E-state index contributed by atoms with van der Waals surface area (Å²) in [6, 6.07) is 16.1. The van der Waals surface area contributed by atoms with Crippen LogP contribution in [0.2, 0.25) is 0 Å². The van der Waals surface area contributed by atoms with Crippen LogP contribution in [0.3, 0.4) is 0 Å². The molecule has 0 nitrogen and oxygen atoms in total. The summed E-state index contributed by atoms with van der Waals surface area (Å²) in [5, 5.41) is 0. The van der Waals surface area contributed by atoms with Gasteiger partial charge >= 0.3 is 58.2 Å². The Morgan fingerprint density at radius 2 is 1.48 bits per heavy atom. The fraction of sp³-hybridized carbons (Fsp3) is 0.308. The van der Waals surface area contributed by atoms with Crippen molar-refractivity contribution in [2.24, 2.45) is 5.92 Å². The van der Waals surface area contributed by atoms with Gasteiger partial charge in [-0.1, -0.05) is 36.4 Å². The minimum atomic E-state index is -0.911. The molecular weight excluding hydrogens is 474 g/mol. The van der Waals surface area contributed by atoms with Crippen molar-refractivity contribution in [2.45, 2.75) is 44.9 Å². The van der Waals surface area contributed by atoms with Crippen LogP contribution in [0.25, 0.3) is 11.1 Å². The first-order valence-electron chi connectivity index (χ1n) is 10.3. The molecule has 1 aliphatic carbocycles. The van der Waals surface area contributed by atoms with Gasteiger partial charge in [0, 0.05) is 17.2 Å². The Hall–Kier alpha value is -0.815. The van der Waals surface area contributed by atoms with E-state index in [0.717, 1.165) is 25.7 Å². The molecule has 0 spiro atoms. The summed E-state index contributed by atoms with van der Waals surface area (Å²) in [5.41, 5.74) is 2.81. The largest absolute Gasteiger partial charge is 1.00 e. The fourth-order valence-corrected chi connectivity index (χ4v) is 4.47. The van der Waals surface area contributed by atoms with E-state index in [1.807, 2.05) is 24.3 Å². The zero-order valence-corrected chi connectivity index (χ0v) is 22.7. The fourth-order valence-electron chi connectivity index (χ4n) is 4.47. The van der Waals surface area contributed by atoms with E-state index in [9.17, 15) is 17.6 Å². The van der Waals surface area contributed by atoms with Gasteiger partial charge in [-0.05, 0) is 67.6 Å². The molecule has 31 heavy (non-hydrogen) atoms.